The molecule has 1 aromatic heterocycles. The van der Waals surface area contributed by atoms with Crippen molar-refractivity contribution in [2.75, 3.05) is 18.4 Å². The minimum atomic E-state index is -1.15. The molecule has 2 N–H and O–H groups in total. The van der Waals surface area contributed by atoms with Crippen LogP contribution in [0.2, 0.25) is 0 Å². The molecule has 1 fully saturated rings. The molecular formula is C15H21N3O3. The summed E-state index contributed by atoms with van der Waals surface area (Å²) in [4.78, 5) is 28.8. The number of hydrogen-bond donors (Lipinski definition) is 2. The lowest BCUT2D eigenvalue weighted by molar-refractivity contribution is 0.0691. The summed E-state index contributed by atoms with van der Waals surface area (Å²) in [5.41, 5.74) is 0.109. The van der Waals surface area contributed by atoms with Crippen molar-refractivity contribution in [3.8, 4) is 0 Å². The van der Waals surface area contributed by atoms with Gasteiger partial charge in [0.2, 0.25) is 0 Å². The van der Waals surface area contributed by atoms with E-state index in [4.69, 9.17) is 5.11 Å². The summed E-state index contributed by atoms with van der Waals surface area (Å²) in [7, 11) is 0. The zero-order valence-electron chi connectivity index (χ0n) is 12.2. The molecule has 0 bridgehead atoms. The third-order valence-corrected chi connectivity index (χ3v) is 3.85. The zero-order chi connectivity index (χ0) is 15.2. The molecule has 114 valence electrons. The lowest BCUT2D eigenvalue weighted by Crippen LogP contribution is -2.41. The predicted octanol–water partition coefficient (Wildman–Crippen LogP) is 2.82. The van der Waals surface area contributed by atoms with Gasteiger partial charge in [0.1, 0.15) is 0 Å². The summed E-state index contributed by atoms with van der Waals surface area (Å²) in [6, 6.07) is 2.91. The molecule has 0 unspecified atom stereocenters. The van der Waals surface area contributed by atoms with E-state index in [-0.39, 0.29) is 17.4 Å². The Morgan fingerprint density at radius 1 is 1.43 bits per heavy atom. The van der Waals surface area contributed by atoms with E-state index in [1.165, 1.54) is 19.0 Å². The molecule has 1 saturated heterocycles. The zero-order valence-corrected chi connectivity index (χ0v) is 12.2. The molecule has 2 rings (SSSR count). The van der Waals surface area contributed by atoms with E-state index in [0.29, 0.717) is 5.92 Å². The summed E-state index contributed by atoms with van der Waals surface area (Å²) in [5.74, 6) is -0.445. The van der Waals surface area contributed by atoms with Gasteiger partial charge in [0.05, 0.1) is 5.69 Å². The van der Waals surface area contributed by atoms with Crippen molar-refractivity contribution >= 4 is 17.7 Å². The molecule has 0 aliphatic carbocycles. The van der Waals surface area contributed by atoms with Crippen LogP contribution < -0.4 is 5.32 Å². The van der Waals surface area contributed by atoms with Crippen molar-refractivity contribution < 1.29 is 14.7 Å². The van der Waals surface area contributed by atoms with E-state index < -0.39 is 5.97 Å². The van der Waals surface area contributed by atoms with Gasteiger partial charge < -0.3 is 15.3 Å². The van der Waals surface area contributed by atoms with Crippen molar-refractivity contribution in [1.82, 2.24) is 9.88 Å². The molecule has 1 aromatic rings. The third-order valence-electron chi connectivity index (χ3n) is 3.85. The number of urea groups is 1. The number of carbonyl (C=O) groups is 2. The second-order valence-electron chi connectivity index (χ2n) is 5.35. The largest absolute Gasteiger partial charge is 0.476 e. The van der Waals surface area contributed by atoms with Gasteiger partial charge >= 0.3 is 12.0 Å². The number of hydrogen-bond acceptors (Lipinski definition) is 3. The molecule has 0 spiro atoms. The van der Waals surface area contributed by atoms with Gasteiger partial charge in [-0.05, 0) is 30.9 Å². The number of carboxylic acids is 1. The van der Waals surface area contributed by atoms with Crippen molar-refractivity contribution in [3.63, 3.8) is 0 Å². The molecule has 6 heteroatoms. The van der Waals surface area contributed by atoms with E-state index in [2.05, 4.69) is 17.2 Å². The predicted molar refractivity (Wildman–Crippen MR) is 79.4 cm³/mol. The number of rotatable bonds is 4. The second kappa shape index (κ2) is 7.06. The molecule has 0 atom stereocenters. The number of likely N-dealkylation sites (tertiary alicyclic amines) is 1. The van der Waals surface area contributed by atoms with E-state index in [1.807, 2.05) is 0 Å². The molecule has 0 radical (unpaired) electrons. The Morgan fingerprint density at radius 3 is 2.76 bits per heavy atom. The van der Waals surface area contributed by atoms with E-state index in [9.17, 15) is 9.59 Å². The van der Waals surface area contributed by atoms with Gasteiger partial charge in [-0.1, -0.05) is 19.8 Å². The van der Waals surface area contributed by atoms with Crippen molar-refractivity contribution in [2.24, 2.45) is 5.92 Å². The Hall–Kier alpha value is -2.11. The molecule has 21 heavy (non-hydrogen) atoms. The smallest absolute Gasteiger partial charge is 0.356 e. The number of anilines is 1. The minimum absolute atomic E-state index is 0.133. The lowest BCUT2D eigenvalue weighted by Gasteiger charge is -2.32. The number of aromatic carboxylic acids is 1. The van der Waals surface area contributed by atoms with Crippen LogP contribution in [-0.4, -0.2) is 40.1 Å². The number of piperidine rings is 1. The highest BCUT2D eigenvalue weighted by Gasteiger charge is 2.23. The number of carbonyl (C=O) groups excluding carboxylic acids is 1. The first-order chi connectivity index (χ1) is 10.1. The van der Waals surface area contributed by atoms with Crippen LogP contribution in [0.4, 0.5) is 10.5 Å². The summed E-state index contributed by atoms with van der Waals surface area (Å²) in [6.45, 7) is 3.62. The van der Waals surface area contributed by atoms with Crippen molar-refractivity contribution in [1.29, 1.82) is 0 Å². The topological polar surface area (TPSA) is 82.5 Å². The Kier molecular flexibility index (Phi) is 5.14. The second-order valence-corrected chi connectivity index (χ2v) is 5.35. The highest BCUT2D eigenvalue weighted by atomic mass is 16.4. The number of amides is 2. The highest BCUT2D eigenvalue weighted by molar-refractivity contribution is 5.98. The monoisotopic (exact) mass is 291 g/mol. The maximum atomic E-state index is 12.2. The molecule has 1 aliphatic heterocycles. The SMILES string of the molecule is CCCC1CCN(C(=O)Nc2cccnc2C(=O)O)CC1. The maximum absolute atomic E-state index is 12.2. The van der Waals surface area contributed by atoms with Gasteiger partial charge in [0, 0.05) is 19.3 Å². The first-order valence-corrected chi connectivity index (χ1v) is 7.36. The van der Waals surface area contributed by atoms with Crippen LogP contribution in [0.25, 0.3) is 0 Å². The first kappa shape index (κ1) is 15.3. The standard InChI is InChI=1S/C15H21N3O3/c1-2-4-11-6-9-18(10-7-11)15(21)17-12-5-3-8-16-13(12)14(19)20/h3,5,8,11H,2,4,6-7,9-10H2,1H3,(H,17,21)(H,19,20). The van der Waals surface area contributed by atoms with Crippen LogP contribution in [0.15, 0.2) is 18.3 Å². The van der Waals surface area contributed by atoms with Gasteiger partial charge in [-0.15, -0.1) is 0 Å². The first-order valence-electron chi connectivity index (χ1n) is 7.36. The summed E-state index contributed by atoms with van der Waals surface area (Å²) in [5, 5.41) is 11.7. The van der Waals surface area contributed by atoms with Crippen LogP contribution in [0.5, 0.6) is 0 Å². The molecule has 6 nitrogen and oxygen atoms in total. The minimum Gasteiger partial charge on any atom is -0.476 e. The van der Waals surface area contributed by atoms with Crippen LogP contribution in [0, 0.1) is 5.92 Å². The van der Waals surface area contributed by atoms with E-state index >= 15 is 0 Å². The third kappa shape index (κ3) is 3.93. The fourth-order valence-corrected chi connectivity index (χ4v) is 2.70. The molecular weight excluding hydrogens is 270 g/mol. The van der Waals surface area contributed by atoms with Crippen LogP contribution in [-0.2, 0) is 0 Å². The van der Waals surface area contributed by atoms with Gasteiger partial charge in [-0.25, -0.2) is 14.6 Å². The van der Waals surface area contributed by atoms with Crippen molar-refractivity contribution in [2.45, 2.75) is 32.6 Å². The average Bonchev–Trinajstić information content (AvgIpc) is 2.48. The maximum Gasteiger partial charge on any atom is 0.356 e. The highest BCUT2D eigenvalue weighted by Crippen LogP contribution is 2.22. The lowest BCUT2D eigenvalue weighted by atomic mass is 9.93. The Bertz CT molecular complexity index is 511. The molecule has 2 amide bonds. The van der Waals surface area contributed by atoms with Crippen molar-refractivity contribution in [3.05, 3.63) is 24.0 Å². The summed E-state index contributed by atoms with van der Waals surface area (Å²) >= 11 is 0. The molecule has 0 saturated carbocycles. The summed E-state index contributed by atoms with van der Waals surface area (Å²) in [6.07, 6.45) is 5.81. The quantitative estimate of drug-likeness (QED) is 0.893. The molecule has 1 aliphatic rings. The average molecular weight is 291 g/mol. The van der Waals surface area contributed by atoms with Crippen LogP contribution >= 0.6 is 0 Å². The Labute approximate surface area is 124 Å². The fourth-order valence-electron chi connectivity index (χ4n) is 2.70. The summed E-state index contributed by atoms with van der Waals surface area (Å²) < 4.78 is 0. The number of nitrogens with zero attached hydrogens (tertiary/aromatic N) is 2. The van der Waals surface area contributed by atoms with E-state index in [1.54, 1.807) is 17.0 Å². The Balaban J connectivity index is 1.95. The number of carboxylic acid groups (broad SMARTS) is 1. The van der Waals surface area contributed by atoms with Crippen LogP contribution in [0.3, 0.4) is 0 Å². The van der Waals surface area contributed by atoms with Gasteiger partial charge in [-0.3, -0.25) is 0 Å². The Morgan fingerprint density at radius 2 is 2.14 bits per heavy atom. The normalized spacial score (nSPS) is 15.8. The van der Waals surface area contributed by atoms with Gasteiger partial charge in [0.25, 0.3) is 0 Å². The number of pyridine rings is 1. The number of aromatic nitrogens is 1. The molecule has 0 aromatic carbocycles. The fraction of sp³-hybridized carbons (Fsp3) is 0.533. The number of nitrogens with one attached hydrogen (secondary N) is 1. The molecule has 2 heterocycles. The van der Waals surface area contributed by atoms with Gasteiger partial charge in [-0.2, -0.15) is 0 Å². The van der Waals surface area contributed by atoms with E-state index in [0.717, 1.165) is 25.9 Å². The van der Waals surface area contributed by atoms with Gasteiger partial charge in [0.15, 0.2) is 5.69 Å². The van der Waals surface area contributed by atoms with Crippen LogP contribution in [0.1, 0.15) is 43.1 Å².